The molecule has 0 aromatic rings. The van der Waals surface area contributed by atoms with E-state index in [9.17, 15) is 19.0 Å². The second kappa shape index (κ2) is 44.5. The molecular formula is C54H100N2O7P+. The summed E-state index contributed by atoms with van der Waals surface area (Å²) in [5.41, 5.74) is 0. The molecule has 0 aromatic carbocycles. The highest BCUT2D eigenvalue weighted by Crippen LogP contribution is 2.43. The number of phosphoric acid groups is 1. The van der Waals surface area contributed by atoms with E-state index >= 15 is 0 Å². The number of rotatable bonds is 46. The van der Waals surface area contributed by atoms with Gasteiger partial charge in [-0.25, -0.2) is 4.57 Å². The third-order valence-corrected chi connectivity index (χ3v) is 12.2. The first-order valence-electron chi connectivity index (χ1n) is 26.1. The zero-order chi connectivity index (χ0) is 47.3. The van der Waals surface area contributed by atoms with Crippen molar-refractivity contribution < 1.29 is 37.3 Å². The molecule has 9 nitrogen and oxygen atoms in total. The fourth-order valence-electron chi connectivity index (χ4n) is 7.17. The Morgan fingerprint density at radius 2 is 1.02 bits per heavy atom. The minimum absolute atomic E-state index is 0.0321. The number of nitrogens with zero attached hydrogens (tertiary/aromatic N) is 1. The first kappa shape index (κ1) is 61.7. The Kier molecular flexibility index (Phi) is 42.9. The standard InChI is InChI=1S/C54H99N2O7P/c1-7-10-13-16-19-22-25-28-31-34-37-40-43-46-53(57)55-51(50-62-64(59,60)61-49-48-56(4,5)6)52(45-42-39-36-33-30-27-24-21-18-15-12-9-3)63-54(58)47-44-41-38-35-32-29-26-23-20-17-14-11-8-2/h10,13,16,19,22,25,29,32,42,45,51-52H,7-9,11-12,14-15,17-18,20-21,23-24,26-28,30-31,33-41,43-44,46-50H2,1-6H3,(H-,55,57,59,60)/p+1/b13-10+,19-16+,25-22-,32-29-,45-42+. The van der Waals surface area contributed by atoms with Gasteiger partial charge in [-0.3, -0.25) is 18.6 Å². The molecule has 372 valence electrons. The number of hydrogen-bond acceptors (Lipinski definition) is 6. The van der Waals surface area contributed by atoms with Crippen molar-refractivity contribution in [1.29, 1.82) is 0 Å². The lowest BCUT2D eigenvalue weighted by Gasteiger charge is -2.27. The first-order chi connectivity index (χ1) is 30.9. The van der Waals surface area contributed by atoms with Crippen molar-refractivity contribution in [3.05, 3.63) is 60.8 Å². The summed E-state index contributed by atoms with van der Waals surface area (Å²) in [4.78, 5) is 37.4. The maximum absolute atomic E-state index is 13.4. The largest absolute Gasteiger partial charge is 0.472 e. The van der Waals surface area contributed by atoms with Gasteiger partial charge in [0.25, 0.3) is 0 Å². The highest BCUT2D eigenvalue weighted by Gasteiger charge is 2.30. The van der Waals surface area contributed by atoms with Crippen molar-refractivity contribution >= 4 is 19.7 Å². The van der Waals surface area contributed by atoms with E-state index in [1.807, 2.05) is 39.4 Å². The van der Waals surface area contributed by atoms with Crippen LogP contribution in [0.3, 0.4) is 0 Å². The van der Waals surface area contributed by atoms with Crippen LogP contribution < -0.4 is 5.32 Å². The number of phosphoric ester groups is 1. The molecule has 10 heteroatoms. The second-order valence-electron chi connectivity index (χ2n) is 18.7. The molecule has 1 amide bonds. The number of carbonyl (C=O) groups excluding carboxylic acids is 2. The van der Waals surface area contributed by atoms with Gasteiger partial charge in [-0.2, -0.15) is 0 Å². The van der Waals surface area contributed by atoms with Gasteiger partial charge in [0.2, 0.25) is 5.91 Å². The lowest BCUT2D eigenvalue weighted by Crippen LogP contribution is -2.47. The van der Waals surface area contributed by atoms with E-state index in [1.54, 1.807) is 0 Å². The Morgan fingerprint density at radius 3 is 1.55 bits per heavy atom. The lowest BCUT2D eigenvalue weighted by molar-refractivity contribution is -0.870. The van der Waals surface area contributed by atoms with Crippen molar-refractivity contribution in [2.45, 2.75) is 232 Å². The SMILES string of the molecule is CC/C=C/C=C/C=C\CCCCCCCC(=O)NC(COP(=O)(O)OCC[N+](C)(C)C)C(/C=C/CCCCCCCCCCCC)OC(=O)CCCCC/C=C\CCCCCCCC. The highest BCUT2D eigenvalue weighted by molar-refractivity contribution is 7.47. The van der Waals surface area contributed by atoms with E-state index in [4.69, 9.17) is 13.8 Å². The Labute approximate surface area is 394 Å². The number of hydrogen-bond donors (Lipinski definition) is 2. The van der Waals surface area contributed by atoms with Gasteiger partial charge in [-0.1, -0.05) is 191 Å². The molecule has 0 spiro atoms. The highest BCUT2D eigenvalue weighted by atomic mass is 31.2. The molecule has 3 unspecified atom stereocenters. The van der Waals surface area contributed by atoms with Crippen LogP contribution in [0.2, 0.25) is 0 Å². The minimum Gasteiger partial charge on any atom is -0.456 e. The normalized spacial score (nSPS) is 14.4. The minimum atomic E-state index is -4.45. The zero-order valence-electron chi connectivity index (χ0n) is 42.3. The number of amides is 1. The molecule has 0 radical (unpaired) electrons. The quantitative estimate of drug-likeness (QED) is 0.0156. The summed E-state index contributed by atoms with van der Waals surface area (Å²) in [6.45, 7) is 6.82. The van der Waals surface area contributed by atoms with Crippen molar-refractivity contribution in [3.8, 4) is 0 Å². The number of likely N-dealkylation sites (N-methyl/N-ethyl adjacent to an activating group) is 1. The van der Waals surface area contributed by atoms with Gasteiger partial charge in [-0.15, -0.1) is 0 Å². The molecule has 0 saturated carbocycles. The summed E-state index contributed by atoms with van der Waals surface area (Å²) in [6.07, 6.45) is 53.6. The lowest BCUT2D eigenvalue weighted by atomic mass is 10.0. The summed E-state index contributed by atoms with van der Waals surface area (Å²) < 4.78 is 30.5. The van der Waals surface area contributed by atoms with E-state index in [1.165, 1.54) is 89.9 Å². The van der Waals surface area contributed by atoms with Gasteiger partial charge in [-0.05, 0) is 76.7 Å². The number of ether oxygens (including phenoxy) is 1. The molecule has 0 saturated heterocycles. The van der Waals surface area contributed by atoms with Crippen molar-refractivity contribution in [2.24, 2.45) is 0 Å². The van der Waals surface area contributed by atoms with Crippen LogP contribution >= 0.6 is 7.82 Å². The molecule has 64 heavy (non-hydrogen) atoms. The Bertz CT molecular complexity index is 1290. The third kappa shape index (κ3) is 44.9. The molecule has 0 aliphatic carbocycles. The number of esters is 1. The Hall–Kier alpha value is -2.29. The molecule has 0 aromatic heterocycles. The van der Waals surface area contributed by atoms with E-state index in [-0.39, 0.29) is 31.5 Å². The maximum Gasteiger partial charge on any atom is 0.472 e. The fourth-order valence-corrected chi connectivity index (χ4v) is 7.90. The molecule has 2 N–H and O–H groups in total. The Morgan fingerprint density at radius 1 is 0.562 bits per heavy atom. The Balaban J connectivity index is 5.50. The van der Waals surface area contributed by atoms with Crippen LogP contribution in [0.5, 0.6) is 0 Å². The predicted molar refractivity (Wildman–Crippen MR) is 272 cm³/mol. The summed E-state index contributed by atoms with van der Waals surface area (Å²) in [6, 6.07) is -0.863. The van der Waals surface area contributed by atoms with Crippen molar-refractivity contribution in [2.75, 3.05) is 40.9 Å². The van der Waals surface area contributed by atoms with Gasteiger partial charge >= 0.3 is 13.8 Å². The first-order valence-corrected chi connectivity index (χ1v) is 27.6. The number of unbranched alkanes of at least 4 members (excludes halogenated alkanes) is 24. The average molecular weight is 920 g/mol. The average Bonchev–Trinajstić information content (AvgIpc) is 3.25. The maximum atomic E-state index is 13.4. The fraction of sp³-hybridized carbons (Fsp3) is 0.778. The second-order valence-corrected chi connectivity index (χ2v) is 20.2. The third-order valence-electron chi connectivity index (χ3n) is 11.3. The van der Waals surface area contributed by atoms with E-state index in [2.05, 4.69) is 68.6 Å². The van der Waals surface area contributed by atoms with Crippen LogP contribution in [0.15, 0.2) is 60.8 Å². The number of nitrogens with one attached hydrogen (secondary N) is 1. The number of carbonyl (C=O) groups is 2. The van der Waals surface area contributed by atoms with Crippen LogP contribution in [0.1, 0.15) is 220 Å². The van der Waals surface area contributed by atoms with Crippen LogP contribution in [0.25, 0.3) is 0 Å². The molecule has 0 fully saturated rings. The van der Waals surface area contributed by atoms with Gasteiger partial charge < -0.3 is 19.4 Å². The van der Waals surface area contributed by atoms with E-state index in [0.717, 1.165) is 89.9 Å². The smallest absolute Gasteiger partial charge is 0.456 e. The predicted octanol–water partition coefficient (Wildman–Crippen LogP) is 15.2. The van der Waals surface area contributed by atoms with Crippen LogP contribution in [0.4, 0.5) is 0 Å². The molecule has 3 atom stereocenters. The van der Waals surface area contributed by atoms with Gasteiger partial charge in [0.1, 0.15) is 19.3 Å². The number of allylic oxidation sites excluding steroid dienone is 9. The molecule has 0 rings (SSSR count). The molecular weight excluding hydrogens is 820 g/mol. The molecule has 0 bridgehead atoms. The van der Waals surface area contributed by atoms with Crippen LogP contribution in [-0.2, 0) is 27.9 Å². The van der Waals surface area contributed by atoms with Crippen molar-refractivity contribution in [3.63, 3.8) is 0 Å². The number of quaternary nitrogens is 1. The van der Waals surface area contributed by atoms with Crippen molar-refractivity contribution in [1.82, 2.24) is 5.32 Å². The molecule has 0 aliphatic rings. The molecule has 0 aliphatic heterocycles. The summed E-state index contributed by atoms with van der Waals surface area (Å²) in [5, 5.41) is 3.02. The molecule has 0 heterocycles. The van der Waals surface area contributed by atoms with Crippen LogP contribution in [0, 0.1) is 0 Å². The van der Waals surface area contributed by atoms with Gasteiger partial charge in [0.15, 0.2) is 0 Å². The van der Waals surface area contributed by atoms with E-state index < -0.39 is 20.0 Å². The summed E-state index contributed by atoms with van der Waals surface area (Å²) >= 11 is 0. The van der Waals surface area contributed by atoms with Gasteiger partial charge in [0, 0.05) is 12.8 Å². The summed E-state index contributed by atoms with van der Waals surface area (Å²) in [7, 11) is 1.47. The summed E-state index contributed by atoms with van der Waals surface area (Å²) in [5.74, 6) is -0.551. The topological polar surface area (TPSA) is 111 Å². The zero-order valence-corrected chi connectivity index (χ0v) is 43.2. The van der Waals surface area contributed by atoms with Gasteiger partial charge in [0.05, 0.1) is 33.8 Å². The van der Waals surface area contributed by atoms with E-state index in [0.29, 0.717) is 23.9 Å². The monoisotopic (exact) mass is 920 g/mol. The van der Waals surface area contributed by atoms with Crippen LogP contribution in [-0.4, -0.2) is 74.3 Å².